The van der Waals surface area contributed by atoms with Crippen LogP contribution < -0.4 is 10.2 Å². The molecule has 1 aromatic heterocycles. The Kier molecular flexibility index (Phi) is 5.41. The van der Waals surface area contributed by atoms with Gasteiger partial charge in [0, 0.05) is 32.2 Å². The second kappa shape index (κ2) is 7.92. The van der Waals surface area contributed by atoms with Gasteiger partial charge in [-0.2, -0.15) is 0 Å². The van der Waals surface area contributed by atoms with Gasteiger partial charge in [-0.15, -0.1) is 0 Å². The summed E-state index contributed by atoms with van der Waals surface area (Å²) in [4.78, 5) is 21.7. The molecule has 26 heavy (non-hydrogen) atoms. The molecule has 140 valence electrons. The number of carbonyl (C=O) groups excluding carboxylic acids is 1. The summed E-state index contributed by atoms with van der Waals surface area (Å²) in [7, 11) is 0. The van der Waals surface area contributed by atoms with Gasteiger partial charge in [-0.05, 0) is 43.7 Å². The molecule has 0 bridgehead atoms. The maximum atomic E-state index is 12.4. The number of rotatable bonds is 4. The normalized spacial score (nSPS) is 24.7. The Morgan fingerprint density at radius 2 is 1.88 bits per heavy atom. The number of amides is 1. The number of aromatic nitrogens is 1. The Morgan fingerprint density at radius 3 is 2.62 bits per heavy atom. The van der Waals surface area contributed by atoms with Gasteiger partial charge < -0.3 is 10.2 Å². The van der Waals surface area contributed by atoms with E-state index in [-0.39, 0.29) is 5.91 Å². The molecule has 1 saturated carbocycles. The molecule has 0 atom stereocenters. The number of fused-ring (bicyclic) bond motifs is 1. The van der Waals surface area contributed by atoms with E-state index in [1.807, 2.05) is 6.07 Å². The highest BCUT2D eigenvalue weighted by molar-refractivity contribution is 7.22. The molecule has 1 aromatic carbocycles. The van der Waals surface area contributed by atoms with E-state index in [1.165, 1.54) is 17.5 Å². The van der Waals surface area contributed by atoms with Crippen molar-refractivity contribution in [2.24, 2.45) is 5.92 Å². The van der Waals surface area contributed by atoms with Crippen LogP contribution in [0, 0.1) is 5.92 Å². The Bertz CT molecular complexity index is 712. The molecule has 4 rings (SSSR count). The van der Waals surface area contributed by atoms with Crippen molar-refractivity contribution in [1.29, 1.82) is 0 Å². The van der Waals surface area contributed by atoms with Crippen molar-refractivity contribution in [3.63, 3.8) is 0 Å². The molecule has 1 amide bonds. The lowest BCUT2D eigenvalue weighted by Crippen LogP contribution is -2.50. The molecule has 0 radical (unpaired) electrons. The van der Waals surface area contributed by atoms with Gasteiger partial charge in [0.1, 0.15) is 0 Å². The Morgan fingerprint density at radius 1 is 1.15 bits per heavy atom. The van der Waals surface area contributed by atoms with E-state index in [0.717, 1.165) is 55.6 Å². The van der Waals surface area contributed by atoms with E-state index in [1.54, 1.807) is 11.3 Å². The van der Waals surface area contributed by atoms with E-state index in [0.29, 0.717) is 12.6 Å². The minimum Gasteiger partial charge on any atom is -0.352 e. The average Bonchev–Trinajstić information content (AvgIpc) is 3.08. The van der Waals surface area contributed by atoms with Crippen molar-refractivity contribution in [1.82, 2.24) is 15.2 Å². The van der Waals surface area contributed by atoms with Crippen molar-refractivity contribution in [3.8, 4) is 0 Å². The largest absolute Gasteiger partial charge is 0.352 e. The lowest BCUT2D eigenvalue weighted by Gasteiger charge is -2.34. The van der Waals surface area contributed by atoms with Crippen molar-refractivity contribution in [2.45, 2.75) is 38.6 Å². The van der Waals surface area contributed by atoms with Gasteiger partial charge in [-0.25, -0.2) is 4.98 Å². The van der Waals surface area contributed by atoms with Crippen LogP contribution >= 0.6 is 11.3 Å². The summed E-state index contributed by atoms with van der Waals surface area (Å²) in [5, 5.41) is 4.35. The lowest BCUT2D eigenvalue weighted by atomic mass is 9.87. The summed E-state index contributed by atoms with van der Waals surface area (Å²) in [6.45, 7) is 6.56. The minimum absolute atomic E-state index is 0.193. The predicted molar refractivity (Wildman–Crippen MR) is 108 cm³/mol. The quantitative estimate of drug-likeness (QED) is 0.896. The third-order valence-electron chi connectivity index (χ3n) is 5.67. The minimum atomic E-state index is 0.193. The van der Waals surface area contributed by atoms with Gasteiger partial charge in [0.05, 0.1) is 16.8 Å². The standard InChI is InChI=1S/C20H28N4OS/c1-15-6-8-16(9-7-15)21-19(25)14-23-10-12-24(13-11-23)20-22-17-4-2-3-5-18(17)26-20/h2-5,15-16H,6-14H2,1H3,(H,21,25). The molecule has 2 fully saturated rings. The van der Waals surface area contributed by atoms with Gasteiger partial charge in [0.15, 0.2) is 5.13 Å². The number of hydrogen-bond acceptors (Lipinski definition) is 5. The number of benzene rings is 1. The van der Waals surface area contributed by atoms with Crippen LogP contribution in [0.25, 0.3) is 10.2 Å². The second-order valence-corrected chi connectivity index (χ2v) is 8.76. The van der Waals surface area contributed by atoms with Crippen molar-refractivity contribution in [2.75, 3.05) is 37.6 Å². The molecule has 2 heterocycles. The molecule has 1 aliphatic heterocycles. The first-order chi connectivity index (χ1) is 12.7. The molecule has 6 heteroatoms. The fourth-order valence-corrected chi connectivity index (χ4v) is 4.99. The Balaban J connectivity index is 1.25. The fraction of sp³-hybridized carbons (Fsp3) is 0.600. The topological polar surface area (TPSA) is 48.5 Å². The van der Waals surface area contributed by atoms with Crippen LogP contribution in [0.4, 0.5) is 5.13 Å². The van der Waals surface area contributed by atoms with Crippen LogP contribution in [0.2, 0.25) is 0 Å². The zero-order valence-electron chi connectivity index (χ0n) is 15.5. The molecular formula is C20H28N4OS. The van der Waals surface area contributed by atoms with Gasteiger partial charge >= 0.3 is 0 Å². The number of piperazine rings is 1. The molecule has 1 N–H and O–H groups in total. The van der Waals surface area contributed by atoms with Crippen LogP contribution in [0.3, 0.4) is 0 Å². The predicted octanol–water partition coefficient (Wildman–Crippen LogP) is 3.11. The second-order valence-electron chi connectivity index (χ2n) is 7.75. The zero-order valence-corrected chi connectivity index (χ0v) is 16.3. The number of para-hydroxylation sites is 1. The summed E-state index contributed by atoms with van der Waals surface area (Å²) in [6.07, 6.45) is 4.76. The monoisotopic (exact) mass is 372 g/mol. The van der Waals surface area contributed by atoms with Gasteiger partial charge in [0.2, 0.25) is 5.91 Å². The maximum absolute atomic E-state index is 12.4. The highest BCUT2D eigenvalue weighted by atomic mass is 32.1. The molecule has 1 aliphatic carbocycles. The Hall–Kier alpha value is -1.66. The van der Waals surface area contributed by atoms with Crippen molar-refractivity contribution in [3.05, 3.63) is 24.3 Å². The van der Waals surface area contributed by atoms with Gasteiger partial charge in [-0.3, -0.25) is 9.69 Å². The van der Waals surface area contributed by atoms with E-state index in [9.17, 15) is 4.79 Å². The van der Waals surface area contributed by atoms with Crippen LogP contribution in [0.1, 0.15) is 32.6 Å². The average molecular weight is 373 g/mol. The van der Waals surface area contributed by atoms with Gasteiger partial charge in [0.25, 0.3) is 0 Å². The third kappa shape index (κ3) is 4.18. The number of anilines is 1. The lowest BCUT2D eigenvalue weighted by molar-refractivity contribution is -0.123. The molecule has 5 nitrogen and oxygen atoms in total. The van der Waals surface area contributed by atoms with Gasteiger partial charge in [-0.1, -0.05) is 30.4 Å². The van der Waals surface area contributed by atoms with E-state index in [2.05, 4.69) is 40.2 Å². The fourth-order valence-electron chi connectivity index (χ4n) is 3.97. The van der Waals surface area contributed by atoms with Crippen LogP contribution in [0.15, 0.2) is 24.3 Å². The molecule has 1 saturated heterocycles. The molecular weight excluding hydrogens is 344 g/mol. The smallest absolute Gasteiger partial charge is 0.234 e. The summed E-state index contributed by atoms with van der Waals surface area (Å²) in [6, 6.07) is 8.69. The van der Waals surface area contributed by atoms with Crippen molar-refractivity contribution >= 4 is 32.6 Å². The van der Waals surface area contributed by atoms with Crippen molar-refractivity contribution < 1.29 is 4.79 Å². The number of nitrogens with zero attached hydrogens (tertiary/aromatic N) is 3. The number of nitrogens with one attached hydrogen (secondary N) is 1. The molecule has 2 aromatic rings. The van der Waals surface area contributed by atoms with Crippen LogP contribution in [-0.2, 0) is 4.79 Å². The van der Waals surface area contributed by atoms with E-state index in [4.69, 9.17) is 4.98 Å². The summed E-state index contributed by atoms with van der Waals surface area (Å²) in [5.41, 5.74) is 1.08. The zero-order chi connectivity index (χ0) is 17.9. The van der Waals surface area contributed by atoms with E-state index < -0.39 is 0 Å². The molecule has 2 aliphatic rings. The third-order valence-corrected chi connectivity index (χ3v) is 6.77. The summed E-state index contributed by atoms with van der Waals surface area (Å²) < 4.78 is 1.24. The summed E-state index contributed by atoms with van der Waals surface area (Å²) >= 11 is 1.76. The van der Waals surface area contributed by atoms with E-state index >= 15 is 0 Å². The molecule has 0 spiro atoms. The highest BCUT2D eigenvalue weighted by Crippen LogP contribution is 2.29. The van der Waals surface area contributed by atoms with Crippen LogP contribution in [0.5, 0.6) is 0 Å². The Labute approximate surface area is 159 Å². The summed E-state index contributed by atoms with van der Waals surface area (Å²) in [5.74, 6) is 1.01. The number of hydrogen-bond donors (Lipinski definition) is 1. The van der Waals surface area contributed by atoms with Crippen LogP contribution in [-0.4, -0.2) is 54.6 Å². The molecule has 0 unspecified atom stereocenters. The number of thiazole rings is 1. The highest BCUT2D eigenvalue weighted by Gasteiger charge is 2.23. The SMILES string of the molecule is CC1CCC(NC(=O)CN2CCN(c3nc4ccccc4s3)CC2)CC1. The number of carbonyl (C=O) groups is 1. The first-order valence-corrected chi connectivity index (χ1v) is 10.6. The maximum Gasteiger partial charge on any atom is 0.234 e. The first-order valence-electron chi connectivity index (χ1n) is 9.79. The first kappa shape index (κ1) is 17.7.